The zero-order valence-corrected chi connectivity index (χ0v) is 11.1. The van der Waals surface area contributed by atoms with Crippen LogP contribution >= 0.6 is 0 Å². The molecule has 0 spiro atoms. The molecule has 5 heteroatoms. The van der Waals surface area contributed by atoms with Crippen LogP contribution < -0.4 is 9.47 Å². The predicted octanol–water partition coefficient (Wildman–Crippen LogP) is 3.29. The number of hydrogen-bond acceptors (Lipinski definition) is 4. The molecule has 0 amide bonds. The van der Waals surface area contributed by atoms with E-state index < -0.39 is 0 Å². The maximum absolute atomic E-state index is 5.68. The van der Waals surface area contributed by atoms with E-state index in [1.165, 1.54) is 0 Å². The molecule has 20 heavy (non-hydrogen) atoms. The number of benzene rings is 1. The van der Waals surface area contributed by atoms with E-state index in [0.29, 0.717) is 13.2 Å². The summed E-state index contributed by atoms with van der Waals surface area (Å²) in [6.45, 7) is 3.27. The molecule has 1 aliphatic rings. The summed E-state index contributed by atoms with van der Waals surface area (Å²) in [5.74, 6) is 3.19. The second-order valence-corrected chi connectivity index (χ2v) is 4.90. The van der Waals surface area contributed by atoms with Gasteiger partial charge in [-0.05, 0) is 13.0 Å². The zero-order chi connectivity index (χ0) is 13.5. The molecule has 1 aliphatic heterocycles. The van der Waals surface area contributed by atoms with Crippen molar-refractivity contribution in [2.24, 2.45) is 0 Å². The number of aromatic nitrogens is 2. The topological polar surface area (TPSA) is 60.3 Å². The van der Waals surface area contributed by atoms with Gasteiger partial charge in [0, 0.05) is 18.6 Å². The molecule has 102 valence electrons. The normalized spacial score (nSPS) is 14.4. The van der Waals surface area contributed by atoms with Crippen molar-refractivity contribution < 1.29 is 13.9 Å². The van der Waals surface area contributed by atoms with E-state index in [2.05, 4.69) is 9.97 Å². The van der Waals surface area contributed by atoms with E-state index in [9.17, 15) is 0 Å². The quantitative estimate of drug-likeness (QED) is 0.737. The van der Waals surface area contributed by atoms with Crippen LogP contribution in [0.2, 0.25) is 0 Å². The fourth-order valence-electron chi connectivity index (χ4n) is 2.37. The lowest BCUT2D eigenvalue weighted by Crippen LogP contribution is -1.97. The van der Waals surface area contributed by atoms with Gasteiger partial charge in [0.2, 0.25) is 0 Å². The Balaban J connectivity index is 1.83. The number of hydrogen-bond donors (Lipinski definition) is 1. The molecule has 1 aromatic carbocycles. The second kappa shape index (κ2) is 4.30. The molecule has 0 unspecified atom stereocenters. The maximum Gasteiger partial charge on any atom is 0.163 e. The first-order valence-electron chi connectivity index (χ1n) is 6.64. The number of aromatic amines is 1. The van der Waals surface area contributed by atoms with Crippen molar-refractivity contribution in [3.8, 4) is 22.9 Å². The van der Waals surface area contributed by atoms with Crippen molar-refractivity contribution in [1.82, 2.24) is 9.97 Å². The number of nitrogens with one attached hydrogen (secondary N) is 1. The summed E-state index contributed by atoms with van der Waals surface area (Å²) in [7, 11) is 0. The Hall–Kier alpha value is -2.43. The molecule has 0 radical (unpaired) electrons. The van der Waals surface area contributed by atoms with Crippen LogP contribution in [0.3, 0.4) is 0 Å². The van der Waals surface area contributed by atoms with Crippen LogP contribution in [0.5, 0.6) is 11.5 Å². The first-order valence-corrected chi connectivity index (χ1v) is 6.64. The lowest BCUT2D eigenvalue weighted by atomic mass is 10.3. The molecular weight excluding hydrogens is 256 g/mol. The Morgan fingerprint density at radius 3 is 2.65 bits per heavy atom. The first kappa shape index (κ1) is 11.4. The SMILES string of the molecule is Cc1cc(-c2nc3cc4c(cc3[nH]2)OCCCO4)co1. The molecule has 0 saturated carbocycles. The zero-order valence-electron chi connectivity index (χ0n) is 11.1. The average Bonchev–Trinajstić information content (AvgIpc) is 2.97. The number of ether oxygens (including phenoxy) is 2. The number of furan rings is 1. The lowest BCUT2D eigenvalue weighted by molar-refractivity contribution is 0.297. The Kier molecular flexibility index (Phi) is 2.45. The van der Waals surface area contributed by atoms with Gasteiger partial charge in [-0.25, -0.2) is 4.98 Å². The van der Waals surface area contributed by atoms with Gasteiger partial charge >= 0.3 is 0 Å². The van der Waals surface area contributed by atoms with Crippen LogP contribution in [0.1, 0.15) is 12.2 Å². The fraction of sp³-hybridized carbons (Fsp3) is 0.267. The van der Waals surface area contributed by atoms with Crippen molar-refractivity contribution in [1.29, 1.82) is 0 Å². The molecule has 3 heterocycles. The monoisotopic (exact) mass is 270 g/mol. The summed E-state index contributed by atoms with van der Waals surface area (Å²) in [6, 6.07) is 5.82. The highest BCUT2D eigenvalue weighted by atomic mass is 16.5. The van der Waals surface area contributed by atoms with E-state index >= 15 is 0 Å². The molecule has 1 N–H and O–H groups in total. The van der Waals surface area contributed by atoms with Gasteiger partial charge in [-0.2, -0.15) is 0 Å². The summed E-state index contributed by atoms with van der Waals surface area (Å²) < 4.78 is 16.7. The smallest absolute Gasteiger partial charge is 0.163 e. The summed E-state index contributed by atoms with van der Waals surface area (Å²) in [6.07, 6.45) is 2.60. The van der Waals surface area contributed by atoms with Gasteiger partial charge in [-0.3, -0.25) is 0 Å². The van der Waals surface area contributed by atoms with E-state index in [1.54, 1.807) is 6.26 Å². The minimum absolute atomic E-state index is 0.677. The Labute approximate surface area is 115 Å². The van der Waals surface area contributed by atoms with E-state index in [-0.39, 0.29) is 0 Å². The van der Waals surface area contributed by atoms with Crippen LogP contribution in [0.25, 0.3) is 22.4 Å². The number of rotatable bonds is 1. The number of nitrogens with zero attached hydrogens (tertiary/aromatic N) is 1. The molecule has 0 aliphatic carbocycles. The molecule has 0 fully saturated rings. The molecule has 0 bridgehead atoms. The van der Waals surface area contributed by atoms with Crippen molar-refractivity contribution in [3.05, 3.63) is 30.2 Å². The number of aryl methyl sites for hydroxylation is 1. The minimum Gasteiger partial charge on any atom is -0.489 e. The van der Waals surface area contributed by atoms with Crippen LogP contribution in [0.15, 0.2) is 28.9 Å². The molecule has 2 aromatic heterocycles. The van der Waals surface area contributed by atoms with Crippen LogP contribution in [0, 0.1) is 6.92 Å². The Morgan fingerprint density at radius 1 is 1.10 bits per heavy atom. The molecule has 4 rings (SSSR count). The molecule has 3 aromatic rings. The van der Waals surface area contributed by atoms with Gasteiger partial charge in [0.15, 0.2) is 11.5 Å². The maximum atomic E-state index is 5.68. The van der Waals surface area contributed by atoms with Crippen molar-refractivity contribution >= 4 is 11.0 Å². The van der Waals surface area contributed by atoms with E-state index in [4.69, 9.17) is 13.9 Å². The van der Waals surface area contributed by atoms with Gasteiger partial charge in [-0.15, -0.1) is 0 Å². The Morgan fingerprint density at radius 2 is 1.90 bits per heavy atom. The number of fused-ring (bicyclic) bond motifs is 2. The highest BCUT2D eigenvalue weighted by Gasteiger charge is 2.15. The molecular formula is C15H14N2O3. The van der Waals surface area contributed by atoms with Gasteiger partial charge in [0.25, 0.3) is 0 Å². The van der Waals surface area contributed by atoms with Gasteiger partial charge < -0.3 is 18.9 Å². The van der Waals surface area contributed by atoms with Crippen LogP contribution in [0.4, 0.5) is 0 Å². The number of H-pyrrole nitrogens is 1. The third kappa shape index (κ3) is 1.82. The minimum atomic E-state index is 0.677. The summed E-state index contributed by atoms with van der Waals surface area (Å²) in [5, 5.41) is 0. The largest absolute Gasteiger partial charge is 0.489 e. The summed E-state index contributed by atoms with van der Waals surface area (Å²) in [5.41, 5.74) is 2.74. The Bertz CT molecular complexity index is 730. The van der Waals surface area contributed by atoms with Gasteiger partial charge in [0.05, 0.1) is 29.8 Å². The van der Waals surface area contributed by atoms with Crippen molar-refractivity contribution in [3.63, 3.8) is 0 Å². The van der Waals surface area contributed by atoms with Crippen LogP contribution in [-0.4, -0.2) is 23.2 Å². The third-order valence-corrected chi connectivity index (χ3v) is 3.36. The molecule has 5 nitrogen and oxygen atoms in total. The first-order chi connectivity index (χ1) is 9.79. The van der Waals surface area contributed by atoms with Gasteiger partial charge in [-0.1, -0.05) is 0 Å². The van der Waals surface area contributed by atoms with Gasteiger partial charge in [0.1, 0.15) is 17.8 Å². The lowest BCUT2D eigenvalue weighted by Gasteiger charge is -2.05. The average molecular weight is 270 g/mol. The fourth-order valence-corrected chi connectivity index (χ4v) is 2.37. The predicted molar refractivity (Wildman–Crippen MR) is 74.1 cm³/mol. The number of imidazole rings is 1. The highest BCUT2D eigenvalue weighted by molar-refractivity contribution is 5.83. The summed E-state index contributed by atoms with van der Waals surface area (Å²) in [4.78, 5) is 7.87. The third-order valence-electron chi connectivity index (χ3n) is 3.36. The van der Waals surface area contributed by atoms with E-state index in [1.807, 2.05) is 25.1 Å². The second-order valence-electron chi connectivity index (χ2n) is 4.90. The highest BCUT2D eigenvalue weighted by Crippen LogP contribution is 2.34. The van der Waals surface area contributed by atoms with Crippen molar-refractivity contribution in [2.45, 2.75) is 13.3 Å². The standard InChI is InChI=1S/C15H14N2O3/c1-9-5-10(8-20-9)15-16-11-6-13-14(7-12(11)17-15)19-4-2-3-18-13/h5-8H,2-4H2,1H3,(H,16,17). The molecule has 0 saturated heterocycles. The summed E-state index contributed by atoms with van der Waals surface area (Å²) >= 11 is 0. The van der Waals surface area contributed by atoms with Crippen LogP contribution in [-0.2, 0) is 0 Å². The van der Waals surface area contributed by atoms with Crippen molar-refractivity contribution in [2.75, 3.05) is 13.2 Å². The van der Waals surface area contributed by atoms with E-state index in [0.717, 1.165) is 46.1 Å². The molecule has 0 atom stereocenters.